The van der Waals surface area contributed by atoms with Gasteiger partial charge in [0.2, 0.25) is 5.91 Å². The Morgan fingerprint density at radius 1 is 0.977 bits per heavy atom. The van der Waals surface area contributed by atoms with Gasteiger partial charge in [0.1, 0.15) is 0 Å². The third kappa shape index (κ3) is 7.19. The van der Waals surface area contributed by atoms with Crippen molar-refractivity contribution in [3.8, 4) is 0 Å². The van der Waals surface area contributed by atoms with E-state index in [2.05, 4.69) is 17.1 Å². The fraction of sp³-hybridized carbons (Fsp3) is 0.562. The van der Waals surface area contributed by atoms with Gasteiger partial charge in [0, 0.05) is 12.6 Å². The topological polar surface area (TPSA) is 69.6 Å². The number of likely N-dealkylation sites (tertiary alicyclic amines) is 1. The maximum absolute atomic E-state index is 13.7. The van der Waals surface area contributed by atoms with E-state index in [9.17, 15) is 41.0 Å². The number of piperidine rings is 1. The van der Waals surface area contributed by atoms with Crippen molar-refractivity contribution in [2.24, 2.45) is 17.8 Å². The minimum absolute atomic E-state index is 0.0606. The Labute approximate surface area is 247 Å². The molecular formula is C32H38F6N2O3. The summed E-state index contributed by atoms with van der Waals surface area (Å²) in [4.78, 5) is 27.5. The SMILES string of the molecule is CC([C@@H]1CCC(NC(=O)[C@@H](C)c2cc(C(F)(F)F)cc(C(F)(F)F)c2)(c2ccccc2)[C@@H](C)C1)N1CCC[C@@H](C(=O)O)C1. The Morgan fingerprint density at radius 3 is 2.12 bits per heavy atom. The molecule has 1 aliphatic heterocycles. The fourth-order valence-electron chi connectivity index (χ4n) is 6.88. The van der Waals surface area contributed by atoms with E-state index in [1.807, 2.05) is 37.3 Å². The maximum Gasteiger partial charge on any atom is 0.416 e. The zero-order chi connectivity index (χ0) is 31.7. The standard InChI is InChI=1S/C32H38F6N2O3/c1-19-14-22(21(3)40-13-7-8-23(18-40)29(42)43)11-12-30(19,25-9-5-4-6-10-25)39-28(41)20(2)24-15-26(31(33,34)35)17-27(16-24)32(36,37)38/h4-6,9-10,15-17,19-23H,7-8,11-14,18H2,1-3H3,(H,39,41)(H,42,43)/t19-,20-,21?,22+,23+,30?/m0/s1. The van der Waals surface area contributed by atoms with Crippen LogP contribution in [0.2, 0.25) is 0 Å². The molecule has 1 aliphatic carbocycles. The molecule has 0 radical (unpaired) electrons. The number of rotatable bonds is 7. The van der Waals surface area contributed by atoms with Crippen molar-refractivity contribution in [1.29, 1.82) is 0 Å². The van der Waals surface area contributed by atoms with E-state index in [-0.39, 0.29) is 29.5 Å². The lowest BCUT2D eigenvalue weighted by Gasteiger charge is -2.49. The highest BCUT2D eigenvalue weighted by Gasteiger charge is 2.46. The first-order valence-corrected chi connectivity index (χ1v) is 14.7. The number of amides is 1. The van der Waals surface area contributed by atoms with Crippen LogP contribution in [0.15, 0.2) is 48.5 Å². The van der Waals surface area contributed by atoms with Crippen LogP contribution in [0, 0.1) is 17.8 Å². The highest BCUT2D eigenvalue weighted by Crippen LogP contribution is 2.46. The molecule has 1 saturated heterocycles. The first-order valence-electron chi connectivity index (χ1n) is 14.7. The van der Waals surface area contributed by atoms with Gasteiger partial charge < -0.3 is 10.4 Å². The summed E-state index contributed by atoms with van der Waals surface area (Å²) in [7, 11) is 0. The fourth-order valence-corrected chi connectivity index (χ4v) is 6.88. The van der Waals surface area contributed by atoms with Crippen LogP contribution in [0.3, 0.4) is 0 Å². The molecule has 1 saturated carbocycles. The van der Waals surface area contributed by atoms with Gasteiger partial charge in [0.05, 0.1) is 28.5 Å². The lowest BCUT2D eigenvalue weighted by atomic mass is 9.64. The molecule has 2 fully saturated rings. The second-order valence-electron chi connectivity index (χ2n) is 12.2. The lowest BCUT2D eigenvalue weighted by Crippen LogP contribution is -2.56. The van der Waals surface area contributed by atoms with E-state index in [1.165, 1.54) is 6.92 Å². The van der Waals surface area contributed by atoms with Gasteiger partial charge in [-0.1, -0.05) is 37.3 Å². The molecule has 2 unspecified atom stereocenters. The molecule has 2 aromatic rings. The van der Waals surface area contributed by atoms with E-state index in [0.717, 1.165) is 18.5 Å². The number of alkyl halides is 6. The van der Waals surface area contributed by atoms with Gasteiger partial charge in [0.15, 0.2) is 0 Å². The first kappa shape index (κ1) is 32.8. The molecule has 2 aliphatic rings. The number of carboxylic acid groups (broad SMARTS) is 1. The number of nitrogens with zero attached hydrogens (tertiary/aromatic N) is 1. The number of hydrogen-bond acceptors (Lipinski definition) is 3. The van der Waals surface area contributed by atoms with Crippen LogP contribution in [0.1, 0.15) is 81.0 Å². The van der Waals surface area contributed by atoms with Crippen molar-refractivity contribution in [2.45, 2.75) is 82.7 Å². The van der Waals surface area contributed by atoms with Crippen molar-refractivity contribution in [3.63, 3.8) is 0 Å². The van der Waals surface area contributed by atoms with E-state index in [1.54, 1.807) is 0 Å². The minimum atomic E-state index is -5.01. The Hall–Kier alpha value is -3.08. The molecule has 0 aromatic heterocycles. The van der Waals surface area contributed by atoms with Crippen LogP contribution in [0.25, 0.3) is 0 Å². The molecule has 0 spiro atoms. The van der Waals surface area contributed by atoms with Gasteiger partial charge in [-0.05, 0) is 93.7 Å². The highest BCUT2D eigenvalue weighted by atomic mass is 19.4. The quantitative estimate of drug-likeness (QED) is 0.319. The average Bonchev–Trinajstić information content (AvgIpc) is 2.96. The summed E-state index contributed by atoms with van der Waals surface area (Å²) in [6.07, 6.45) is -6.67. The van der Waals surface area contributed by atoms with Gasteiger partial charge in [0.25, 0.3) is 0 Å². The summed E-state index contributed by atoms with van der Waals surface area (Å²) in [6.45, 7) is 6.71. The number of carboxylic acids is 1. The number of halogens is 6. The van der Waals surface area contributed by atoms with Gasteiger partial charge in [-0.3, -0.25) is 14.5 Å². The molecular weight excluding hydrogens is 574 g/mol. The van der Waals surface area contributed by atoms with Crippen LogP contribution in [0.4, 0.5) is 26.3 Å². The van der Waals surface area contributed by atoms with Crippen molar-refractivity contribution in [2.75, 3.05) is 13.1 Å². The minimum Gasteiger partial charge on any atom is -0.481 e. The second-order valence-corrected chi connectivity index (χ2v) is 12.2. The molecule has 2 N–H and O–H groups in total. The third-order valence-electron chi connectivity index (χ3n) is 9.61. The largest absolute Gasteiger partial charge is 0.481 e. The van der Waals surface area contributed by atoms with E-state index in [0.29, 0.717) is 44.4 Å². The van der Waals surface area contributed by atoms with Crippen LogP contribution < -0.4 is 5.32 Å². The molecule has 5 nitrogen and oxygen atoms in total. The van der Waals surface area contributed by atoms with Gasteiger partial charge in [-0.15, -0.1) is 0 Å². The Morgan fingerprint density at radius 2 is 1.58 bits per heavy atom. The Bertz CT molecular complexity index is 1270. The van der Waals surface area contributed by atoms with Crippen LogP contribution in [-0.2, 0) is 27.5 Å². The maximum atomic E-state index is 13.7. The summed E-state index contributed by atoms with van der Waals surface area (Å²) in [6, 6.07) is 10.6. The highest BCUT2D eigenvalue weighted by molar-refractivity contribution is 5.84. The lowest BCUT2D eigenvalue weighted by molar-refractivity contribution is -0.145. The first-order chi connectivity index (χ1) is 20.0. The average molecular weight is 613 g/mol. The van der Waals surface area contributed by atoms with Gasteiger partial charge in [-0.2, -0.15) is 26.3 Å². The van der Waals surface area contributed by atoms with Crippen molar-refractivity contribution < 1.29 is 41.0 Å². The molecule has 0 bridgehead atoms. The monoisotopic (exact) mass is 612 g/mol. The number of nitrogens with one attached hydrogen (secondary N) is 1. The van der Waals surface area contributed by atoms with Crippen LogP contribution in [0.5, 0.6) is 0 Å². The zero-order valence-electron chi connectivity index (χ0n) is 24.4. The van der Waals surface area contributed by atoms with E-state index >= 15 is 0 Å². The van der Waals surface area contributed by atoms with Crippen LogP contribution >= 0.6 is 0 Å². The summed E-state index contributed by atoms with van der Waals surface area (Å²) < 4.78 is 81.0. The number of carbonyl (C=O) groups excluding carboxylic acids is 1. The van der Waals surface area contributed by atoms with Gasteiger partial charge in [-0.25, -0.2) is 0 Å². The molecule has 2 aromatic carbocycles. The number of aliphatic carboxylic acids is 1. The van der Waals surface area contributed by atoms with E-state index < -0.39 is 52.7 Å². The van der Waals surface area contributed by atoms with Crippen molar-refractivity contribution >= 4 is 11.9 Å². The molecule has 236 valence electrons. The molecule has 11 heteroatoms. The van der Waals surface area contributed by atoms with Crippen molar-refractivity contribution in [3.05, 3.63) is 70.8 Å². The molecule has 4 rings (SSSR count). The molecule has 1 heterocycles. The summed E-state index contributed by atoms with van der Waals surface area (Å²) >= 11 is 0. The Kier molecular flexibility index (Phi) is 9.54. The molecule has 6 atom stereocenters. The van der Waals surface area contributed by atoms with Gasteiger partial charge >= 0.3 is 18.3 Å². The smallest absolute Gasteiger partial charge is 0.416 e. The predicted molar refractivity (Wildman–Crippen MR) is 149 cm³/mol. The number of carbonyl (C=O) groups is 2. The summed E-state index contributed by atoms with van der Waals surface area (Å²) in [5.41, 5.74) is -3.35. The van der Waals surface area contributed by atoms with Crippen LogP contribution in [-0.4, -0.2) is 41.0 Å². The second kappa shape index (κ2) is 12.5. The summed E-state index contributed by atoms with van der Waals surface area (Å²) in [5.74, 6) is -3.05. The zero-order valence-corrected chi connectivity index (χ0v) is 24.4. The normalized spacial score (nSPS) is 26.9. The number of hydrogen-bond donors (Lipinski definition) is 2. The number of benzene rings is 2. The van der Waals surface area contributed by atoms with E-state index in [4.69, 9.17) is 0 Å². The van der Waals surface area contributed by atoms with Crippen molar-refractivity contribution in [1.82, 2.24) is 10.2 Å². The molecule has 1 amide bonds. The molecule has 43 heavy (non-hydrogen) atoms. The Balaban J connectivity index is 1.60. The third-order valence-corrected chi connectivity index (χ3v) is 9.61. The predicted octanol–water partition coefficient (Wildman–Crippen LogP) is 7.46. The summed E-state index contributed by atoms with van der Waals surface area (Å²) in [5, 5.41) is 12.6.